The standard InChI is InChI=1S/C13H7F6N3S/c14-12(15,16)8-4-2-1-3-6(8)9-7(5-20)10(11(21)22-9)23-13(17,18)19/h1-4,22H,21H2. The van der Waals surface area contributed by atoms with E-state index in [1.54, 1.807) is 0 Å². The van der Waals surface area contributed by atoms with Crippen molar-refractivity contribution in [2.24, 2.45) is 0 Å². The van der Waals surface area contributed by atoms with E-state index in [1.807, 2.05) is 0 Å². The van der Waals surface area contributed by atoms with Crippen molar-refractivity contribution < 1.29 is 26.3 Å². The first-order valence-electron chi connectivity index (χ1n) is 5.88. The molecule has 0 fully saturated rings. The number of nitrogens with one attached hydrogen (secondary N) is 1. The van der Waals surface area contributed by atoms with Crippen LogP contribution in [0, 0.1) is 11.3 Å². The van der Waals surface area contributed by atoms with Crippen LogP contribution in [0.25, 0.3) is 11.3 Å². The van der Waals surface area contributed by atoms with Gasteiger partial charge in [0.25, 0.3) is 0 Å². The average Bonchev–Trinajstić information content (AvgIpc) is 2.72. The van der Waals surface area contributed by atoms with Gasteiger partial charge < -0.3 is 10.7 Å². The van der Waals surface area contributed by atoms with Gasteiger partial charge in [0.15, 0.2) is 0 Å². The topological polar surface area (TPSA) is 65.6 Å². The molecule has 0 amide bonds. The molecular formula is C13H7F6N3S. The van der Waals surface area contributed by atoms with E-state index in [2.05, 4.69) is 4.98 Å². The van der Waals surface area contributed by atoms with Crippen LogP contribution in [-0.4, -0.2) is 10.5 Å². The van der Waals surface area contributed by atoms with Crippen LogP contribution < -0.4 is 5.73 Å². The van der Waals surface area contributed by atoms with Gasteiger partial charge in [0, 0.05) is 5.56 Å². The van der Waals surface area contributed by atoms with Crippen LogP contribution in [0.3, 0.4) is 0 Å². The van der Waals surface area contributed by atoms with Crippen molar-refractivity contribution in [3.63, 3.8) is 0 Å². The van der Waals surface area contributed by atoms with Crippen molar-refractivity contribution in [3.05, 3.63) is 35.4 Å². The van der Waals surface area contributed by atoms with E-state index >= 15 is 0 Å². The van der Waals surface area contributed by atoms with Crippen molar-refractivity contribution in [1.29, 1.82) is 5.26 Å². The van der Waals surface area contributed by atoms with Gasteiger partial charge in [0.1, 0.15) is 11.9 Å². The molecule has 3 nitrogen and oxygen atoms in total. The minimum atomic E-state index is -4.74. The molecule has 1 heterocycles. The van der Waals surface area contributed by atoms with E-state index in [1.165, 1.54) is 12.1 Å². The number of halogens is 6. The molecule has 0 spiro atoms. The van der Waals surface area contributed by atoms with E-state index < -0.39 is 56.5 Å². The van der Waals surface area contributed by atoms with Gasteiger partial charge in [-0.2, -0.15) is 31.6 Å². The molecule has 1 aromatic carbocycles. The predicted molar refractivity (Wildman–Crippen MR) is 72.3 cm³/mol. The Balaban J connectivity index is 2.68. The number of anilines is 1. The van der Waals surface area contributed by atoms with Crippen LogP contribution in [0.4, 0.5) is 32.2 Å². The highest BCUT2D eigenvalue weighted by Gasteiger charge is 2.37. The van der Waals surface area contributed by atoms with E-state index in [-0.39, 0.29) is 0 Å². The lowest BCUT2D eigenvalue weighted by atomic mass is 10.0. The smallest absolute Gasteiger partial charge is 0.384 e. The van der Waals surface area contributed by atoms with Gasteiger partial charge in [0.05, 0.1) is 21.7 Å². The Morgan fingerprint density at radius 1 is 1.09 bits per heavy atom. The average molecular weight is 351 g/mol. The number of H-pyrrole nitrogens is 1. The maximum atomic E-state index is 13.0. The monoisotopic (exact) mass is 351 g/mol. The first kappa shape index (κ1) is 17.1. The largest absolute Gasteiger partial charge is 0.446 e. The number of rotatable bonds is 2. The summed E-state index contributed by atoms with van der Waals surface area (Å²) in [4.78, 5) is 1.60. The molecule has 2 aromatic rings. The molecule has 3 N–H and O–H groups in total. The molecule has 0 saturated carbocycles. The molecular weight excluding hydrogens is 344 g/mol. The maximum Gasteiger partial charge on any atom is 0.446 e. The predicted octanol–water partition coefficient (Wildman–Crippen LogP) is 4.77. The molecule has 0 aliphatic rings. The summed E-state index contributed by atoms with van der Waals surface area (Å²) in [7, 11) is 0. The summed E-state index contributed by atoms with van der Waals surface area (Å²) >= 11 is -0.653. The van der Waals surface area contributed by atoms with E-state index in [0.29, 0.717) is 0 Å². The van der Waals surface area contributed by atoms with E-state index in [0.717, 1.165) is 18.2 Å². The number of aromatic nitrogens is 1. The Morgan fingerprint density at radius 2 is 1.70 bits per heavy atom. The van der Waals surface area contributed by atoms with Crippen LogP contribution in [0.15, 0.2) is 29.2 Å². The number of benzene rings is 1. The summed E-state index contributed by atoms with van der Waals surface area (Å²) in [6, 6.07) is 5.72. The van der Waals surface area contributed by atoms with Gasteiger partial charge in [-0.15, -0.1) is 0 Å². The SMILES string of the molecule is N#Cc1c(-c2ccccc2C(F)(F)F)[nH]c(N)c1SC(F)(F)F. The molecule has 0 saturated heterocycles. The van der Waals surface area contributed by atoms with Gasteiger partial charge in [-0.05, 0) is 17.8 Å². The van der Waals surface area contributed by atoms with Gasteiger partial charge in [0.2, 0.25) is 0 Å². The molecule has 23 heavy (non-hydrogen) atoms. The summed E-state index contributed by atoms with van der Waals surface area (Å²) in [5.41, 5.74) is -1.83. The second-order valence-corrected chi connectivity index (χ2v) is 5.40. The third-order valence-electron chi connectivity index (χ3n) is 2.81. The van der Waals surface area contributed by atoms with E-state index in [9.17, 15) is 26.3 Å². The molecule has 2 rings (SSSR count). The number of nitrogens with zero attached hydrogens (tertiary/aromatic N) is 1. The van der Waals surface area contributed by atoms with Crippen molar-refractivity contribution in [3.8, 4) is 17.3 Å². The number of thioether (sulfide) groups is 1. The maximum absolute atomic E-state index is 13.0. The Kier molecular flexibility index (Phi) is 4.26. The number of alkyl halides is 6. The van der Waals surface area contributed by atoms with Crippen LogP contribution in [0.1, 0.15) is 11.1 Å². The van der Waals surface area contributed by atoms with E-state index in [4.69, 9.17) is 11.0 Å². The Labute approximate surface area is 130 Å². The number of nitrogen functional groups attached to an aromatic ring is 1. The first-order chi connectivity index (χ1) is 10.5. The molecule has 0 unspecified atom stereocenters. The Morgan fingerprint density at radius 3 is 2.22 bits per heavy atom. The van der Waals surface area contributed by atoms with Crippen LogP contribution in [0.2, 0.25) is 0 Å². The number of nitriles is 1. The minimum absolute atomic E-state index is 0.398. The first-order valence-corrected chi connectivity index (χ1v) is 6.70. The highest BCUT2D eigenvalue weighted by Crippen LogP contribution is 2.46. The zero-order chi connectivity index (χ0) is 17.4. The molecule has 0 aliphatic heterocycles. The summed E-state index contributed by atoms with van der Waals surface area (Å²) in [6.45, 7) is 0. The molecule has 0 atom stereocenters. The number of hydrogen-bond acceptors (Lipinski definition) is 3. The lowest BCUT2D eigenvalue weighted by Crippen LogP contribution is -2.07. The second kappa shape index (κ2) is 5.73. The molecule has 0 radical (unpaired) electrons. The van der Waals surface area contributed by atoms with Crippen molar-refractivity contribution in [1.82, 2.24) is 4.98 Å². The fraction of sp³-hybridized carbons (Fsp3) is 0.154. The summed E-state index contributed by atoms with van der Waals surface area (Å²) < 4.78 is 76.7. The molecule has 10 heteroatoms. The van der Waals surface area contributed by atoms with Crippen LogP contribution in [-0.2, 0) is 6.18 Å². The molecule has 0 bridgehead atoms. The fourth-order valence-corrected chi connectivity index (χ4v) is 2.62. The number of nitrogens with two attached hydrogens (primary N) is 1. The highest BCUT2D eigenvalue weighted by atomic mass is 32.2. The normalized spacial score (nSPS) is 12.2. The van der Waals surface area contributed by atoms with Gasteiger partial charge in [-0.25, -0.2) is 0 Å². The second-order valence-electron chi connectivity index (χ2n) is 4.32. The lowest BCUT2D eigenvalue weighted by molar-refractivity contribution is -0.137. The van der Waals surface area contributed by atoms with Crippen molar-refractivity contribution >= 4 is 17.6 Å². The van der Waals surface area contributed by atoms with Crippen molar-refractivity contribution in [2.45, 2.75) is 16.6 Å². The van der Waals surface area contributed by atoms with Crippen LogP contribution in [0.5, 0.6) is 0 Å². The fourth-order valence-electron chi connectivity index (χ4n) is 1.98. The van der Waals surface area contributed by atoms with Gasteiger partial charge >= 0.3 is 11.7 Å². The van der Waals surface area contributed by atoms with Gasteiger partial charge in [-0.1, -0.05) is 18.2 Å². The zero-order valence-electron chi connectivity index (χ0n) is 11.0. The lowest BCUT2D eigenvalue weighted by Gasteiger charge is -2.12. The van der Waals surface area contributed by atoms with Crippen LogP contribution >= 0.6 is 11.8 Å². The summed E-state index contributed by atoms with van der Waals surface area (Å²) in [6.07, 6.45) is -4.74. The number of aromatic amines is 1. The molecule has 0 aliphatic carbocycles. The number of hydrogen-bond donors (Lipinski definition) is 2. The van der Waals surface area contributed by atoms with Gasteiger partial charge in [-0.3, -0.25) is 0 Å². The Hall–Kier alpha value is -2.28. The highest BCUT2D eigenvalue weighted by molar-refractivity contribution is 8.00. The summed E-state index contributed by atoms with van der Waals surface area (Å²) in [5.74, 6) is -0.518. The molecule has 1 aromatic heterocycles. The third-order valence-corrected chi connectivity index (χ3v) is 3.67. The third kappa shape index (κ3) is 3.56. The quantitative estimate of drug-likeness (QED) is 0.605. The molecule has 122 valence electrons. The summed E-state index contributed by atoms with van der Waals surface area (Å²) in [5, 5.41) is 9.08. The van der Waals surface area contributed by atoms with Crippen molar-refractivity contribution in [2.75, 3.05) is 5.73 Å². The zero-order valence-corrected chi connectivity index (χ0v) is 11.8. The minimum Gasteiger partial charge on any atom is -0.384 e. The Bertz CT molecular complexity index is 769.